The van der Waals surface area contributed by atoms with Crippen molar-refractivity contribution in [3.63, 3.8) is 0 Å². The SMILES string of the molecule is CNCc1cc(Br)c(OC(C)C(=O)O)c(OC)c1. The molecule has 0 heterocycles. The van der Waals surface area contributed by atoms with Gasteiger partial charge < -0.3 is 19.9 Å². The summed E-state index contributed by atoms with van der Waals surface area (Å²) in [6, 6.07) is 3.67. The maximum atomic E-state index is 10.8. The lowest BCUT2D eigenvalue weighted by Crippen LogP contribution is -2.23. The molecule has 1 rings (SSSR count). The fourth-order valence-corrected chi connectivity index (χ4v) is 2.00. The number of carboxylic acids is 1. The zero-order chi connectivity index (χ0) is 13.7. The predicted molar refractivity (Wildman–Crippen MR) is 71.2 cm³/mol. The summed E-state index contributed by atoms with van der Waals surface area (Å²) in [5, 5.41) is 11.9. The number of halogens is 1. The quantitative estimate of drug-likeness (QED) is 0.840. The van der Waals surface area contributed by atoms with Gasteiger partial charge in [0.25, 0.3) is 0 Å². The third-order valence-corrected chi connectivity index (χ3v) is 2.90. The van der Waals surface area contributed by atoms with Gasteiger partial charge in [-0.05, 0) is 47.6 Å². The second kappa shape index (κ2) is 6.61. The van der Waals surface area contributed by atoms with E-state index in [2.05, 4.69) is 21.2 Å². The van der Waals surface area contributed by atoms with Gasteiger partial charge in [0.1, 0.15) is 0 Å². The van der Waals surface area contributed by atoms with Crippen molar-refractivity contribution in [2.45, 2.75) is 19.6 Å². The van der Waals surface area contributed by atoms with Gasteiger partial charge in [0.15, 0.2) is 17.6 Å². The van der Waals surface area contributed by atoms with Gasteiger partial charge in [-0.1, -0.05) is 0 Å². The van der Waals surface area contributed by atoms with E-state index in [4.69, 9.17) is 14.6 Å². The molecule has 1 aromatic rings. The van der Waals surface area contributed by atoms with Gasteiger partial charge in [-0.15, -0.1) is 0 Å². The number of methoxy groups -OCH3 is 1. The van der Waals surface area contributed by atoms with Crippen molar-refractivity contribution in [3.8, 4) is 11.5 Å². The Labute approximate surface area is 114 Å². The summed E-state index contributed by atoms with van der Waals surface area (Å²) < 4.78 is 11.3. The topological polar surface area (TPSA) is 67.8 Å². The van der Waals surface area contributed by atoms with Crippen LogP contribution in [0.25, 0.3) is 0 Å². The Bertz CT molecular complexity index is 436. The van der Waals surface area contributed by atoms with Crippen LogP contribution in [0.15, 0.2) is 16.6 Å². The van der Waals surface area contributed by atoms with Crippen LogP contribution in [-0.2, 0) is 11.3 Å². The summed E-state index contributed by atoms with van der Waals surface area (Å²) in [7, 11) is 3.36. The van der Waals surface area contributed by atoms with E-state index in [0.717, 1.165) is 5.56 Å². The molecular weight excluding hydrogens is 302 g/mol. The first-order valence-corrected chi connectivity index (χ1v) is 6.19. The van der Waals surface area contributed by atoms with Crippen molar-refractivity contribution in [3.05, 3.63) is 22.2 Å². The molecule has 0 aliphatic heterocycles. The highest BCUT2D eigenvalue weighted by Crippen LogP contribution is 2.37. The van der Waals surface area contributed by atoms with E-state index < -0.39 is 12.1 Å². The van der Waals surface area contributed by atoms with E-state index in [-0.39, 0.29) is 0 Å². The van der Waals surface area contributed by atoms with E-state index in [1.54, 1.807) is 0 Å². The number of hydrogen-bond donors (Lipinski definition) is 2. The van der Waals surface area contributed by atoms with Crippen LogP contribution < -0.4 is 14.8 Å². The molecule has 5 nitrogen and oxygen atoms in total. The summed E-state index contributed by atoms with van der Waals surface area (Å²) in [6.07, 6.45) is -0.939. The van der Waals surface area contributed by atoms with Crippen molar-refractivity contribution >= 4 is 21.9 Å². The van der Waals surface area contributed by atoms with E-state index in [1.807, 2.05) is 19.2 Å². The van der Waals surface area contributed by atoms with Crippen LogP contribution in [0.5, 0.6) is 11.5 Å². The maximum absolute atomic E-state index is 10.8. The van der Waals surface area contributed by atoms with Gasteiger partial charge >= 0.3 is 5.97 Å². The molecule has 1 atom stereocenters. The number of aliphatic carboxylic acids is 1. The standard InChI is InChI=1S/C12H16BrNO4/c1-7(12(15)16)18-11-9(13)4-8(6-14-2)5-10(11)17-3/h4-5,7,14H,6H2,1-3H3,(H,15,16). The third-order valence-electron chi connectivity index (χ3n) is 2.31. The van der Waals surface area contributed by atoms with Crippen LogP contribution in [0.2, 0.25) is 0 Å². The van der Waals surface area contributed by atoms with Gasteiger partial charge in [0.05, 0.1) is 11.6 Å². The summed E-state index contributed by atoms with van der Waals surface area (Å²) in [6.45, 7) is 2.15. The Morgan fingerprint density at radius 3 is 2.72 bits per heavy atom. The minimum atomic E-state index is -1.02. The second-order valence-electron chi connectivity index (χ2n) is 3.74. The van der Waals surface area contributed by atoms with Crippen LogP contribution in [0.3, 0.4) is 0 Å². The highest BCUT2D eigenvalue weighted by Gasteiger charge is 2.18. The predicted octanol–water partition coefficient (Wildman–Crippen LogP) is 2.03. The molecule has 0 aliphatic carbocycles. The molecule has 0 saturated heterocycles. The Hall–Kier alpha value is -1.27. The van der Waals surface area contributed by atoms with Crippen LogP contribution in [0, 0.1) is 0 Å². The molecule has 6 heteroatoms. The Kier molecular flexibility index (Phi) is 5.43. The minimum Gasteiger partial charge on any atom is -0.493 e. The Morgan fingerprint density at radius 2 is 2.22 bits per heavy atom. The number of nitrogens with one attached hydrogen (secondary N) is 1. The molecule has 100 valence electrons. The van der Waals surface area contributed by atoms with E-state index in [0.29, 0.717) is 22.5 Å². The Balaban J connectivity index is 3.06. The number of hydrogen-bond acceptors (Lipinski definition) is 4. The lowest BCUT2D eigenvalue weighted by molar-refractivity contribution is -0.144. The number of carboxylic acid groups (broad SMARTS) is 1. The number of benzene rings is 1. The molecule has 18 heavy (non-hydrogen) atoms. The molecule has 1 aromatic carbocycles. The highest BCUT2D eigenvalue weighted by atomic mass is 79.9. The number of ether oxygens (including phenoxy) is 2. The molecular formula is C12H16BrNO4. The molecule has 0 spiro atoms. The van der Waals surface area contributed by atoms with Gasteiger partial charge in [-0.25, -0.2) is 4.79 Å². The molecule has 0 aromatic heterocycles. The van der Waals surface area contributed by atoms with Crippen molar-refractivity contribution in [2.75, 3.05) is 14.2 Å². The molecule has 0 fully saturated rings. The minimum absolute atomic E-state index is 0.396. The number of carbonyl (C=O) groups is 1. The van der Waals surface area contributed by atoms with E-state index in [1.165, 1.54) is 14.0 Å². The van der Waals surface area contributed by atoms with Crippen molar-refractivity contribution < 1.29 is 19.4 Å². The molecule has 0 bridgehead atoms. The maximum Gasteiger partial charge on any atom is 0.344 e. The average Bonchev–Trinajstić information content (AvgIpc) is 2.32. The normalized spacial score (nSPS) is 12.0. The first kappa shape index (κ1) is 14.8. The fraction of sp³-hybridized carbons (Fsp3) is 0.417. The van der Waals surface area contributed by atoms with Gasteiger partial charge in [0, 0.05) is 6.54 Å². The largest absolute Gasteiger partial charge is 0.493 e. The van der Waals surface area contributed by atoms with E-state index >= 15 is 0 Å². The summed E-state index contributed by atoms with van der Waals surface area (Å²) >= 11 is 3.36. The lowest BCUT2D eigenvalue weighted by Gasteiger charge is -2.16. The van der Waals surface area contributed by atoms with Crippen LogP contribution in [-0.4, -0.2) is 31.3 Å². The van der Waals surface area contributed by atoms with Crippen LogP contribution >= 0.6 is 15.9 Å². The molecule has 2 N–H and O–H groups in total. The van der Waals surface area contributed by atoms with Crippen molar-refractivity contribution in [2.24, 2.45) is 0 Å². The van der Waals surface area contributed by atoms with Crippen molar-refractivity contribution in [1.29, 1.82) is 0 Å². The van der Waals surface area contributed by atoms with Crippen molar-refractivity contribution in [1.82, 2.24) is 5.32 Å². The zero-order valence-corrected chi connectivity index (χ0v) is 12.1. The first-order chi connectivity index (χ1) is 8.49. The molecule has 0 radical (unpaired) electrons. The highest BCUT2D eigenvalue weighted by molar-refractivity contribution is 9.10. The molecule has 1 unspecified atom stereocenters. The molecule has 0 aliphatic rings. The second-order valence-corrected chi connectivity index (χ2v) is 4.59. The van der Waals surface area contributed by atoms with Crippen LogP contribution in [0.4, 0.5) is 0 Å². The Morgan fingerprint density at radius 1 is 1.56 bits per heavy atom. The smallest absolute Gasteiger partial charge is 0.344 e. The third kappa shape index (κ3) is 3.61. The molecule has 0 amide bonds. The van der Waals surface area contributed by atoms with Gasteiger partial charge in [0.2, 0.25) is 0 Å². The first-order valence-electron chi connectivity index (χ1n) is 5.40. The van der Waals surface area contributed by atoms with E-state index in [9.17, 15) is 4.79 Å². The lowest BCUT2D eigenvalue weighted by atomic mass is 10.2. The summed E-state index contributed by atoms with van der Waals surface area (Å²) in [5.74, 6) is -0.127. The fourth-order valence-electron chi connectivity index (χ4n) is 1.42. The summed E-state index contributed by atoms with van der Waals surface area (Å²) in [4.78, 5) is 10.8. The van der Waals surface area contributed by atoms with Crippen LogP contribution in [0.1, 0.15) is 12.5 Å². The van der Waals surface area contributed by atoms with Gasteiger partial charge in [-0.3, -0.25) is 0 Å². The van der Waals surface area contributed by atoms with Gasteiger partial charge in [-0.2, -0.15) is 0 Å². The number of rotatable bonds is 6. The summed E-state index contributed by atoms with van der Waals surface area (Å²) in [5.41, 5.74) is 1.01. The molecule has 0 saturated carbocycles. The monoisotopic (exact) mass is 317 g/mol. The zero-order valence-electron chi connectivity index (χ0n) is 10.5. The average molecular weight is 318 g/mol.